The van der Waals surface area contributed by atoms with Crippen molar-refractivity contribution >= 4 is 28.7 Å². The van der Waals surface area contributed by atoms with Crippen LogP contribution in [0.4, 0.5) is 5.69 Å². The molecule has 2 rings (SSSR count). The van der Waals surface area contributed by atoms with E-state index < -0.39 is 16.6 Å². The second-order valence-electron chi connectivity index (χ2n) is 6.45. The Morgan fingerprint density at radius 1 is 1.39 bits per heavy atom. The van der Waals surface area contributed by atoms with Crippen LogP contribution in [-0.4, -0.2) is 34.0 Å². The Morgan fingerprint density at radius 3 is 2.82 bits per heavy atom. The minimum Gasteiger partial charge on any atom is -0.456 e. The molecule has 0 aliphatic rings. The number of carbonyl (C=O) groups excluding carboxylic acids is 2. The normalized spacial score (nSPS) is 11.9. The summed E-state index contributed by atoms with van der Waals surface area (Å²) in [5.41, 5.74) is 0.344. The number of nitrogens with zero attached hydrogens (tertiary/aromatic N) is 2. The summed E-state index contributed by atoms with van der Waals surface area (Å²) >= 11 is 0. The average Bonchev–Trinajstić information content (AvgIpc) is 2.94. The Balaban J connectivity index is 1.84. The predicted octanol–water partition coefficient (Wildman–Crippen LogP) is 2.13. The summed E-state index contributed by atoms with van der Waals surface area (Å²) in [7, 11) is 0. The Kier molecular flexibility index (Phi) is 7.30. The Labute approximate surface area is 160 Å². The van der Waals surface area contributed by atoms with Gasteiger partial charge in [0.25, 0.3) is 11.6 Å². The lowest BCUT2D eigenvalue weighted by molar-refractivity contribution is -0.384. The first-order valence-electron chi connectivity index (χ1n) is 9.04. The van der Waals surface area contributed by atoms with Crippen LogP contribution >= 0.6 is 0 Å². The number of rotatable bonds is 10. The summed E-state index contributed by atoms with van der Waals surface area (Å²) in [6, 6.07) is 3.91. The average molecular weight is 393 g/mol. The molecule has 1 unspecified atom stereocenters. The molecule has 152 valence electrons. The van der Waals surface area contributed by atoms with E-state index in [2.05, 4.69) is 5.32 Å². The standard InChI is InChI=1S/C18H23N3O7/c1-3-5-12(2)19-16(22)11-27-17(23)6-4-9-20-14-8-7-13(21(25)26)10-15(14)28-18(20)24/h7-8,10,12H,3-6,9,11H2,1-2H3,(H,19,22). The molecule has 0 spiro atoms. The number of oxazole rings is 1. The van der Waals surface area contributed by atoms with Gasteiger partial charge in [-0.05, 0) is 25.8 Å². The number of amides is 1. The van der Waals surface area contributed by atoms with Crippen LogP contribution in [0.5, 0.6) is 0 Å². The highest BCUT2D eigenvalue weighted by atomic mass is 16.6. The van der Waals surface area contributed by atoms with Crippen molar-refractivity contribution in [1.29, 1.82) is 0 Å². The Morgan fingerprint density at radius 2 is 2.14 bits per heavy atom. The van der Waals surface area contributed by atoms with Gasteiger partial charge in [0.05, 0.1) is 16.5 Å². The molecule has 1 heterocycles. The van der Waals surface area contributed by atoms with Gasteiger partial charge in [0.1, 0.15) is 0 Å². The number of aromatic nitrogens is 1. The van der Waals surface area contributed by atoms with Crippen molar-refractivity contribution in [2.24, 2.45) is 0 Å². The minimum absolute atomic E-state index is 0.0177. The number of carbonyl (C=O) groups is 2. The van der Waals surface area contributed by atoms with Gasteiger partial charge in [0.2, 0.25) is 0 Å². The maximum absolute atomic E-state index is 11.9. The van der Waals surface area contributed by atoms with E-state index in [1.54, 1.807) is 0 Å². The van der Waals surface area contributed by atoms with Gasteiger partial charge in [-0.3, -0.25) is 24.3 Å². The van der Waals surface area contributed by atoms with E-state index in [0.29, 0.717) is 5.52 Å². The van der Waals surface area contributed by atoms with Gasteiger partial charge < -0.3 is 14.5 Å². The van der Waals surface area contributed by atoms with Crippen LogP contribution < -0.4 is 11.1 Å². The molecule has 0 radical (unpaired) electrons. The molecule has 0 fully saturated rings. The first kappa shape index (κ1) is 21.1. The molecule has 0 aliphatic carbocycles. The van der Waals surface area contributed by atoms with E-state index in [1.807, 2.05) is 13.8 Å². The molecule has 10 nitrogen and oxygen atoms in total. The predicted molar refractivity (Wildman–Crippen MR) is 99.8 cm³/mol. The third-order valence-corrected chi connectivity index (χ3v) is 4.12. The van der Waals surface area contributed by atoms with Crippen molar-refractivity contribution in [1.82, 2.24) is 9.88 Å². The third-order valence-electron chi connectivity index (χ3n) is 4.12. The lowest BCUT2D eigenvalue weighted by atomic mass is 10.2. The molecule has 1 amide bonds. The van der Waals surface area contributed by atoms with Gasteiger partial charge in [-0.2, -0.15) is 0 Å². The van der Waals surface area contributed by atoms with Crippen LogP contribution in [0.1, 0.15) is 39.5 Å². The summed E-state index contributed by atoms with van der Waals surface area (Å²) in [4.78, 5) is 45.6. The van der Waals surface area contributed by atoms with Crippen LogP contribution in [0.25, 0.3) is 11.1 Å². The van der Waals surface area contributed by atoms with E-state index in [-0.39, 0.29) is 49.2 Å². The summed E-state index contributed by atoms with van der Waals surface area (Å²) in [5, 5.41) is 13.5. The molecule has 0 aliphatic heterocycles. The van der Waals surface area contributed by atoms with Gasteiger partial charge in [-0.15, -0.1) is 0 Å². The van der Waals surface area contributed by atoms with E-state index in [4.69, 9.17) is 9.15 Å². The first-order chi connectivity index (χ1) is 13.3. The number of hydrogen-bond donors (Lipinski definition) is 1. The summed E-state index contributed by atoms with van der Waals surface area (Å²) in [6.07, 6.45) is 2.09. The molecule has 1 aromatic carbocycles. The van der Waals surface area contributed by atoms with E-state index >= 15 is 0 Å². The number of aryl methyl sites for hydroxylation is 1. The maximum Gasteiger partial charge on any atom is 0.419 e. The highest BCUT2D eigenvalue weighted by molar-refractivity contribution is 5.80. The number of fused-ring (bicyclic) bond motifs is 1. The van der Waals surface area contributed by atoms with Crippen LogP contribution in [0.2, 0.25) is 0 Å². The fraction of sp³-hybridized carbons (Fsp3) is 0.500. The minimum atomic E-state index is -0.659. The SMILES string of the molecule is CCCC(C)NC(=O)COC(=O)CCCn1c(=O)oc2cc([N+](=O)[O-])ccc21. The molecule has 10 heteroatoms. The van der Waals surface area contributed by atoms with Gasteiger partial charge in [0, 0.05) is 25.1 Å². The molecule has 1 N–H and O–H groups in total. The summed E-state index contributed by atoms with van der Waals surface area (Å²) < 4.78 is 11.2. The molecule has 1 aromatic heterocycles. The molecular formula is C18H23N3O7. The van der Waals surface area contributed by atoms with Crippen molar-refractivity contribution in [3.05, 3.63) is 38.9 Å². The van der Waals surface area contributed by atoms with Crippen molar-refractivity contribution in [3.8, 4) is 0 Å². The number of ether oxygens (including phenoxy) is 1. The molecule has 0 saturated heterocycles. The topological polar surface area (TPSA) is 134 Å². The largest absolute Gasteiger partial charge is 0.456 e. The Hall–Kier alpha value is -3.17. The van der Waals surface area contributed by atoms with E-state index in [9.17, 15) is 24.5 Å². The van der Waals surface area contributed by atoms with Crippen molar-refractivity contribution in [3.63, 3.8) is 0 Å². The number of hydrogen-bond acceptors (Lipinski definition) is 7. The number of esters is 1. The third kappa shape index (κ3) is 5.66. The van der Waals surface area contributed by atoms with Gasteiger partial charge in [0.15, 0.2) is 12.2 Å². The second-order valence-corrected chi connectivity index (χ2v) is 6.45. The molecule has 0 saturated carbocycles. The molecule has 1 atom stereocenters. The number of nitro groups is 1. The molecule has 2 aromatic rings. The van der Waals surface area contributed by atoms with E-state index in [0.717, 1.165) is 12.8 Å². The van der Waals surface area contributed by atoms with Crippen molar-refractivity contribution < 1.29 is 23.7 Å². The highest BCUT2D eigenvalue weighted by Gasteiger charge is 2.15. The molecular weight excluding hydrogens is 370 g/mol. The van der Waals surface area contributed by atoms with Crippen molar-refractivity contribution in [2.75, 3.05) is 6.61 Å². The lowest BCUT2D eigenvalue weighted by Crippen LogP contribution is -2.35. The van der Waals surface area contributed by atoms with Crippen LogP contribution in [0.3, 0.4) is 0 Å². The number of nitro benzene ring substituents is 1. The lowest BCUT2D eigenvalue weighted by Gasteiger charge is -2.12. The maximum atomic E-state index is 11.9. The number of non-ortho nitro benzene ring substituents is 1. The first-order valence-corrected chi connectivity index (χ1v) is 9.04. The van der Waals surface area contributed by atoms with Crippen molar-refractivity contribution in [2.45, 2.75) is 52.1 Å². The highest BCUT2D eigenvalue weighted by Crippen LogP contribution is 2.20. The fourth-order valence-corrected chi connectivity index (χ4v) is 2.80. The number of benzene rings is 1. The van der Waals surface area contributed by atoms with Gasteiger partial charge in [-0.25, -0.2) is 4.79 Å². The van der Waals surface area contributed by atoms with Crippen LogP contribution in [-0.2, 0) is 20.9 Å². The Bertz CT molecular complexity index is 916. The van der Waals surface area contributed by atoms with Gasteiger partial charge in [-0.1, -0.05) is 13.3 Å². The monoisotopic (exact) mass is 393 g/mol. The van der Waals surface area contributed by atoms with Crippen LogP contribution in [0, 0.1) is 10.1 Å². The fourth-order valence-electron chi connectivity index (χ4n) is 2.80. The summed E-state index contributed by atoms with van der Waals surface area (Å²) in [6.45, 7) is 3.73. The summed E-state index contributed by atoms with van der Waals surface area (Å²) in [5.74, 6) is -1.56. The zero-order valence-corrected chi connectivity index (χ0v) is 15.8. The zero-order chi connectivity index (χ0) is 20.7. The van der Waals surface area contributed by atoms with Crippen LogP contribution in [0.15, 0.2) is 27.4 Å². The molecule has 0 bridgehead atoms. The smallest absolute Gasteiger partial charge is 0.419 e. The number of nitrogens with one attached hydrogen (secondary N) is 1. The van der Waals surface area contributed by atoms with Gasteiger partial charge >= 0.3 is 11.7 Å². The van der Waals surface area contributed by atoms with E-state index in [1.165, 1.54) is 22.8 Å². The zero-order valence-electron chi connectivity index (χ0n) is 15.8. The second kappa shape index (κ2) is 9.67. The molecule has 28 heavy (non-hydrogen) atoms. The quantitative estimate of drug-likeness (QED) is 0.371.